The van der Waals surface area contributed by atoms with Crippen LogP contribution in [0.5, 0.6) is 5.75 Å². The molecule has 0 heterocycles. The third kappa shape index (κ3) is 6.79. The fourth-order valence-corrected chi connectivity index (χ4v) is 4.67. The standard InChI is InChI=1S/C24H29N3O6S/c1-4-26(5-2)34(30,31)22-14-8-19(9-15-22)24(29)33-18-23(28)27(17-7-16-25)20-10-12-21(13-11-20)32-6-3/h8-15H,4-7,17-18H2,1-3H3. The lowest BCUT2D eigenvalue weighted by atomic mass is 10.2. The molecule has 2 aromatic rings. The maximum Gasteiger partial charge on any atom is 0.338 e. The van der Waals surface area contributed by atoms with Crippen molar-refractivity contribution in [2.75, 3.05) is 37.7 Å². The largest absolute Gasteiger partial charge is 0.494 e. The van der Waals surface area contributed by atoms with Gasteiger partial charge in [0.2, 0.25) is 10.0 Å². The Balaban J connectivity index is 2.07. The highest BCUT2D eigenvalue weighted by Gasteiger charge is 2.22. The van der Waals surface area contributed by atoms with Crippen LogP contribution in [0.2, 0.25) is 0 Å². The average Bonchev–Trinajstić information content (AvgIpc) is 2.84. The number of anilines is 1. The first-order valence-electron chi connectivity index (χ1n) is 11.0. The summed E-state index contributed by atoms with van der Waals surface area (Å²) in [5.41, 5.74) is 0.668. The molecule has 9 nitrogen and oxygen atoms in total. The minimum Gasteiger partial charge on any atom is -0.494 e. The van der Waals surface area contributed by atoms with E-state index >= 15 is 0 Å². The Hall–Kier alpha value is -3.42. The molecule has 0 aromatic heterocycles. The summed E-state index contributed by atoms with van der Waals surface area (Å²) in [6.45, 7) is 6.14. The second-order valence-electron chi connectivity index (χ2n) is 7.07. The van der Waals surface area contributed by atoms with Gasteiger partial charge in [0.05, 0.1) is 29.6 Å². The van der Waals surface area contributed by atoms with Crippen molar-refractivity contribution in [3.8, 4) is 11.8 Å². The first-order valence-corrected chi connectivity index (χ1v) is 12.4. The Kier molecular flexibility index (Phi) is 10.0. The lowest BCUT2D eigenvalue weighted by Gasteiger charge is -2.22. The zero-order valence-electron chi connectivity index (χ0n) is 19.6. The number of sulfonamides is 1. The summed E-state index contributed by atoms with van der Waals surface area (Å²) in [6, 6.07) is 14.2. The van der Waals surface area contributed by atoms with Crippen LogP contribution in [0.25, 0.3) is 0 Å². The molecule has 0 saturated carbocycles. The second-order valence-corrected chi connectivity index (χ2v) is 9.01. The molecule has 0 atom stereocenters. The molecule has 0 fully saturated rings. The molecule has 10 heteroatoms. The van der Waals surface area contributed by atoms with Gasteiger partial charge >= 0.3 is 5.97 Å². The molecule has 0 aliphatic carbocycles. The summed E-state index contributed by atoms with van der Waals surface area (Å²) in [7, 11) is -3.64. The Morgan fingerprint density at radius 3 is 2.12 bits per heavy atom. The third-order valence-electron chi connectivity index (χ3n) is 4.97. The van der Waals surface area contributed by atoms with Crippen molar-refractivity contribution < 1.29 is 27.5 Å². The summed E-state index contributed by atoms with van der Waals surface area (Å²) < 4.78 is 37.0. The maximum atomic E-state index is 12.7. The zero-order chi connectivity index (χ0) is 25.1. The second kappa shape index (κ2) is 12.7. The van der Waals surface area contributed by atoms with Crippen molar-refractivity contribution in [1.29, 1.82) is 5.26 Å². The molecule has 0 spiro atoms. The van der Waals surface area contributed by atoms with Crippen LogP contribution in [-0.4, -0.2) is 57.4 Å². The predicted octanol–water partition coefficient (Wildman–Crippen LogP) is 3.22. The van der Waals surface area contributed by atoms with Gasteiger partial charge in [-0.15, -0.1) is 0 Å². The summed E-state index contributed by atoms with van der Waals surface area (Å²) in [4.78, 5) is 26.6. The number of hydrogen-bond donors (Lipinski definition) is 0. The molecule has 182 valence electrons. The van der Waals surface area contributed by atoms with Gasteiger partial charge in [0.1, 0.15) is 5.75 Å². The van der Waals surface area contributed by atoms with Gasteiger partial charge in [-0.3, -0.25) is 4.79 Å². The number of carbonyl (C=O) groups is 2. The molecule has 2 aromatic carbocycles. The van der Waals surface area contributed by atoms with Gasteiger partial charge in [-0.25, -0.2) is 13.2 Å². The van der Waals surface area contributed by atoms with Crippen molar-refractivity contribution in [2.45, 2.75) is 32.1 Å². The van der Waals surface area contributed by atoms with Crippen LogP contribution in [0, 0.1) is 11.3 Å². The Labute approximate surface area is 200 Å². The monoisotopic (exact) mass is 487 g/mol. The number of esters is 1. The van der Waals surface area contributed by atoms with E-state index in [1.807, 2.05) is 13.0 Å². The summed E-state index contributed by atoms with van der Waals surface area (Å²) in [6.07, 6.45) is 0.107. The number of rotatable bonds is 12. The van der Waals surface area contributed by atoms with E-state index in [1.54, 1.807) is 38.1 Å². The lowest BCUT2D eigenvalue weighted by Crippen LogP contribution is -2.35. The Bertz CT molecular complexity index is 1100. The molecule has 0 N–H and O–H groups in total. The van der Waals surface area contributed by atoms with E-state index in [-0.39, 0.29) is 23.4 Å². The van der Waals surface area contributed by atoms with Crippen LogP contribution in [0.4, 0.5) is 5.69 Å². The van der Waals surface area contributed by atoms with E-state index in [1.165, 1.54) is 33.5 Å². The number of nitrogens with zero attached hydrogens (tertiary/aromatic N) is 3. The van der Waals surface area contributed by atoms with Gasteiger partial charge in [0, 0.05) is 25.3 Å². The normalized spacial score (nSPS) is 11.0. The quantitative estimate of drug-likeness (QED) is 0.422. The van der Waals surface area contributed by atoms with Crippen LogP contribution in [0.3, 0.4) is 0 Å². The SMILES string of the molecule is CCOc1ccc(N(CCC#N)C(=O)COC(=O)c2ccc(S(=O)(=O)N(CC)CC)cc2)cc1. The van der Waals surface area contributed by atoms with Gasteiger partial charge < -0.3 is 14.4 Å². The predicted molar refractivity (Wildman–Crippen MR) is 127 cm³/mol. The van der Waals surface area contributed by atoms with E-state index in [0.29, 0.717) is 31.1 Å². The molecular weight excluding hydrogens is 458 g/mol. The zero-order valence-corrected chi connectivity index (χ0v) is 20.4. The first-order chi connectivity index (χ1) is 16.3. The van der Waals surface area contributed by atoms with Crippen LogP contribution in [0.15, 0.2) is 53.4 Å². The minimum atomic E-state index is -3.64. The van der Waals surface area contributed by atoms with E-state index in [9.17, 15) is 18.0 Å². The molecule has 1 amide bonds. The number of benzene rings is 2. The van der Waals surface area contributed by atoms with Gasteiger partial charge in [-0.05, 0) is 55.5 Å². The number of ether oxygens (including phenoxy) is 2. The van der Waals surface area contributed by atoms with Crippen molar-refractivity contribution in [3.63, 3.8) is 0 Å². The Morgan fingerprint density at radius 2 is 1.59 bits per heavy atom. The molecule has 0 radical (unpaired) electrons. The topological polar surface area (TPSA) is 117 Å². The summed E-state index contributed by atoms with van der Waals surface area (Å²) in [5.74, 6) is -0.600. The van der Waals surface area contributed by atoms with Crippen molar-refractivity contribution >= 4 is 27.6 Å². The number of carbonyl (C=O) groups excluding carboxylic acids is 2. The lowest BCUT2D eigenvalue weighted by molar-refractivity contribution is -0.121. The van der Waals surface area contributed by atoms with E-state index in [0.717, 1.165) is 0 Å². The van der Waals surface area contributed by atoms with Gasteiger partial charge in [-0.1, -0.05) is 13.8 Å². The molecule has 0 saturated heterocycles. The Morgan fingerprint density at radius 1 is 0.971 bits per heavy atom. The molecule has 2 rings (SSSR count). The molecule has 34 heavy (non-hydrogen) atoms. The number of nitriles is 1. The maximum absolute atomic E-state index is 12.7. The van der Waals surface area contributed by atoms with Crippen LogP contribution in [0.1, 0.15) is 37.6 Å². The number of amides is 1. The molecule has 0 aliphatic heterocycles. The molecule has 0 unspecified atom stereocenters. The smallest absolute Gasteiger partial charge is 0.338 e. The molecule has 0 aliphatic rings. The molecule has 0 bridgehead atoms. The summed E-state index contributed by atoms with van der Waals surface area (Å²) in [5, 5.41) is 8.93. The minimum absolute atomic E-state index is 0.0713. The van der Waals surface area contributed by atoms with Crippen LogP contribution < -0.4 is 9.64 Å². The van der Waals surface area contributed by atoms with Gasteiger partial charge in [-0.2, -0.15) is 9.57 Å². The van der Waals surface area contributed by atoms with Crippen molar-refractivity contribution in [1.82, 2.24) is 4.31 Å². The highest BCUT2D eigenvalue weighted by atomic mass is 32.2. The third-order valence-corrected chi connectivity index (χ3v) is 7.03. The van der Waals surface area contributed by atoms with Crippen molar-refractivity contribution in [2.24, 2.45) is 0 Å². The van der Waals surface area contributed by atoms with E-state index in [4.69, 9.17) is 14.7 Å². The van der Waals surface area contributed by atoms with Crippen LogP contribution in [-0.2, 0) is 19.6 Å². The van der Waals surface area contributed by atoms with E-state index in [2.05, 4.69) is 0 Å². The highest BCUT2D eigenvalue weighted by Crippen LogP contribution is 2.21. The highest BCUT2D eigenvalue weighted by molar-refractivity contribution is 7.89. The first kappa shape index (κ1) is 26.8. The van der Waals surface area contributed by atoms with Gasteiger partial charge in [0.25, 0.3) is 5.91 Å². The summed E-state index contributed by atoms with van der Waals surface area (Å²) >= 11 is 0. The fourth-order valence-electron chi connectivity index (χ4n) is 3.21. The van der Waals surface area contributed by atoms with Crippen molar-refractivity contribution in [3.05, 3.63) is 54.1 Å². The fraction of sp³-hybridized carbons (Fsp3) is 0.375. The van der Waals surface area contributed by atoms with Gasteiger partial charge in [0.15, 0.2) is 6.61 Å². The van der Waals surface area contributed by atoms with E-state index < -0.39 is 28.5 Å². The molecular formula is C24H29N3O6S. The average molecular weight is 488 g/mol. The number of hydrogen-bond acceptors (Lipinski definition) is 7. The van der Waals surface area contributed by atoms with Crippen LogP contribution >= 0.6 is 0 Å².